The largest absolute Gasteiger partial charge is 0.421 e. The number of carbonyl (C=O) groups excluding carboxylic acids is 2. The van der Waals surface area contributed by atoms with Crippen molar-refractivity contribution in [1.29, 1.82) is 0 Å². The van der Waals surface area contributed by atoms with Gasteiger partial charge in [0, 0.05) is 34.3 Å². The van der Waals surface area contributed by atoms with E-state index in [0.717, 1.165) is 32.2 Å². The Morgan fingerprint density at radius 2 is 1.21 bits per heavy atom. The summed E-state index contributed by atoms with van der Waals surface area (Å²) in [5.74, 6) is -1.28. The van der Waals surface area contributed by atoms with E-state index in [2.05, 4.69) is 5.32 Å². The smallest absolute Gasteiger partial charge is 0.343 e. The molecular weight excluding hydrogens is 614 g/mol. The zero-order valence-corrected chi connectivity index (χ0v) is 26.4. The van der Waals surface area contributed by atoms with Crippen molar-refractivity contribution >= 4 is 69.9 Å². The van der Waals surface area contributed by atoms with Gasteiger partial charge in [-0.3, -0.25) is 4.79 Å². The number of nitrogens with two attached hydrogens (primary N) is 1. The maximum absolute atomic E-state index is 13.0. The van der Waals surface area contributed by atoms with Crippen LogP contribution < -0.4 is 15.8 Å². The minimum absolute atomic E-state index is 0.0737. The van der Waals surface area contributed by atoms with Crippen LogP contribution >= 0.6 is 58.0 Å². The second-order valence-corrected chi connectivity index (χ2v) is 10.9. The van der Waals surface area contributed by atoms with Gasteiger partial charge in [0.25, 0.3) is 0 Å². The Morgan fingerprint density at radius 3 is 1.67 bits per heavy atom. The predicted molar refractivity (Wildman–Crippen MR) is 158 cm³/mol. The normalized spacial score (nSPS) is 13.7. The number of methoxy groups -OCH3 is 3. The fourth-order valence-corrected chi connectivity index (χ4v) is 5.17. The fourth-order valence-electron chi connectivity index (χ4n) is 3.97. The maximum Gasteiger partial charge on any atom is 0.343 e. The number of halogens is 5. The van der Waals surface area contributed by atoms with Crippen LogP contribution in [0.5, 0.6) is 5.75 Å². The highest BCUT2D eigenvalue weighted by Crippen LogP contribution is 2.48. The van der Waals surface area contributed by atoms with E-state index in [1.54, 1.807) is 0 Å². The van der Waals surface area contributed by atoms with Crippen LogP contribution in [0.3, 0.4) is 0 Å². The third-order valence-electron chi connectivity index (χ3n) is 6.21. The highest BCUT2D eigenvalue weighted by molar-refractivity contribution is 6.55. The van der Waals surface area contributed by atoms with E-state index in [0.29, 0.717) is 6.42 Å². The molecule has 0 spiro atoms. The lowest BCUT2D eigenvalue weighted by molar-refractivity contribution is -0.163. The minimum Gasteiger partial charge on any atom is -0.421 e. The number of rotatable bonds is 20. The van der Waals surface area contributed by atoms with Crippen LogP contribution in [0.4, 0.5) is 0 Å². The molecule has 0 bridgehead atoms. The van der Waals surface area contributed by atoms with Crippen LogP contribution in [-0.2, 0) is 23.8 Å². The van der Waals surface area contributed by atoms with Crippen molar-refractivity contribution < 1.29 is 28.5 Å². The molecule has 0 saturated heterocycles. The van der Waals surface area contributed by atoms with Crippen LogP contribution in [0.1, 0.15) is 64.2 Å². The van der Waals surface area contributed by atoms with Gasteiger partial charge in [0.1, 0.15) is 22.3 Å². The molecule has 1 aromatic rings. The summed E-state index contributed by atoms with van der Waals surface area (Å²) < 4.78 is 21.7. The van der Waals surface area contributed by atoms with Crippen LogP contribution in [0.2, 0.25) is 25.1 Å². The summed E-state index contributed by atoms with van der Waals surface area (Å²) in [5.41, 5.74) is 5.51. The molecule has 8 nitrogen and oxygen atoms in total. The molecule has 0 aliphatic carbocycles. The number of hydrogen-bond donors (Lipinski definition) is 2. The van der Waals surface area contributed by atoms with Crippen LogP contribution in [0.25, 0.3) is 0 Å². The Kier molecular flexibility index (Phi) is 19.0. The summed E-state index contributed by atoms with van der Waals surface area (Å²) >= 11 is 30.5. The van der Waals surface area contributed by atoms with E-state index in [9.17, 15) is 9.59 Å². The zero-order valence-electron chi connectivity index (χ0n) is 22.6. The molecule has 224 valence electrons. The Hall–Kier alpha value is -0.550. The quantitative estimate of drug-likeness (QED) is 0.0520. The number of hydrogen-bond acceptors (Lipinski definition) is 7. The lowest BCUT2D eigenvalue weighted by Gasteiger charge is -2.30. The summed E-state index contributed by atoms with van der Waals surface area (Å²) in [5, 5.41) is 2.14. The number of unbranched alkanes of at least 4 members (excludes halogenated alkanes) is 8. The number of esters is 1. The van der Waals surface area contributed by atoms with Crippen molar-refractivity contribution in [3.63, 3.8) is 0 Å². The average Bonchev–Trinajstić information content (AvgIpc) is 2.93. The minimum atomic E-state index is -1.27. The average molecular weight is 653 g/mol. The number of benzene rings is 1. The lowest BCUT2D eigenvalue weighted by Crippen LogP contribution is -2.51. The van der Waals surface area contributed by atoms with E-state index in [4.69, 9.17) is 82.7 Å². The molecule has 0 heterocycles. The second-order valence-electron chi connectivity index (χ2n) is 8.98. The zero-order chi connectivity index (χ0) is 29.4. The van der Waals surface area contributed by atoms with Crippen molar-refractivity contribution in [2.75, 3.05) is 34.4 Å². The fraction of sp³-hybridized carbons (Fsp3) is 0.692. The van der Waals surface area contributed by atoms with Crippen LogP contribution in [-0.4, -0.2) is 64.6 Å². The van der Waals surface area contributed by atoms with Gasteiger partial charge in [-0.05, 0) is 19.4 Å². The summed E-state index contributed by atoms with van der Waals surface area (Å²) in [4.78, 5) is 25.4. The van der Waals surface area contributed by atoms with E-state index in [1.807, 2.05) is 0 Å². The monoisotopic (exact) mass is 650 g/mol. The van der Waals surface area contributed by atoms with Gasteiger partial charge in [-0.1, -0.05) is 103 Å². The van der Waals surface area contributed by atoms with Crippen LogP contribution in [0, 0.1) is 0 Å². The van der Waals surface area contributed by atoms with Crippen molar-refractivity contribution in [3.05, 3.63) is 25.1 Å². The summed E-state index contributed by atoms with van der Waals surface area (Å²) in [7, 11) is 4.11. The van der Waals surface area contributed by atoms with Gasteiger partial charge in [0.2, 0.25) is 5.91 Å². The standard InChI is InChI=1S/C26H39Cl5N2O6/c1-36-16(15-33-17(34)13-11-9-7-5-4-6-8-10-12-14-32)23(37-2)25(38-3)26(35)39-24-21(30)19(28)18(27)20(29)22(24)31/h16,23,25H,4-15,32H2,1-3H3,(H,33,34)/t16-,23+,25-/m1/s1. The summed E-state index contributed by atoms with van der Waals surface area (Å²) in [6.45, 7) is 0.850. The molecule has 3 N–H and O–H groups in total. The molecule has 0 saturated carbocycles. The first-order valence-corrected chi connectivity index (χ1v) is 14.8. The highest BCUT2D eigenvalue weighted by atomic mass is 35.5. The molecular formula is C26H39Cl5N2O6. The van der Waals surface area contributed by atoms with E-state index >= 15 is 0 Å². The Bertz CT molecular complexity index is 879. The molecule has 1 aromatic carbocycles. The van der Waals surface area contributed by atoms with E-state index in [-0.39, 0.29) is 43.3 Å². The Balaban J connectivity index is 2.61. The van der Waals surface area contributed by atoms with Gasteiger partial charge in [-0.15, -0.1) is 0 Å². The molecule has 0 fully saturated rings. The highest BCUT2D eigenvalue weighted by Gasteiger charge is 2.38. The van der Waals surface area contributed by atoms with Gasteiger partial charge in [-0.25, -0.2) is 4.79 Å². The number of amides is 1. The van der Waals surface area contributed by atoms with Gasteiger partial charge >= 0.3 is 5.97 Å². The van der Waals surface area contributed by atoms with Crippen molar-refractivity contribution in [3.8, 4) is 5.75 Å². The summed E-state index contributed by atoms with van der Waals surface area (Å²) in [6.07, 6.45) is 7.48. The molecule has 0 radical (unpaired) electrons. The molecule has 0 unspecified atom stereocenters. The molecule has 0 aromatic heterocycles. The predicted octanol–water partition coefficient (Wildman–Crippen LogP) is 6.88. The van der Waals surface area contributed by atoms with E-state index in [1.165, 1.54) is 53.4 Å². The lowest BCUT2D eigenvalue weighted by atomic mass is 10.1. The maximum atomic E-state index is 13.0. The van der Waals surface area contributed by atoms with Gasteiger partial charge in [0.15, 0.2) is 11.9 Å². The van der Waals surface area contributed by atoms with Gasteiger partial charge < -0.3 is 30.0 Å². The molecule has 0 aliphatic heterocycles. The SMILES string of the molecule is CO[C@@H]([C@@H](CNC(=O)CCCCCCCCCCCN)OC)[C@@H](OC)C(=O)Oc1c(Cl)c(Cl)c(Cl)c(Cl)c1Cl. The van der Waals surface area contributed by atoms with Crippen molar-refractivity contribution in [1.82, 2.24) is 5.32 Å². The number of carbonyl (C=O) groups is 2. The van der Waals surface area contributed by atoms with Gasteiger partial charge in [0.05, 0.1) is 15.1 Å². The van der Waals surface area contributed by atoms with Crippen molar-refractivity contribution in [2.45, 2.75) is 82.5 Å². The number of nitrogens with one attached hydrogen (secondary N) is 1. The molecule has 39 heavy (non-hydrogen) atoms. The number of ether oxygens (including phenoxy) is 4. The summed E-state index contributed by atoms with van der Waals surface area (Å²) in [6, 6.07) is 0. The third-order valence-corrected chi connectivity index (χ3v) is 8.45. The first-order chi connectivity index (χ1) is 18.6. The van der Waals surface area contributed by atoms with Crippen LogP contribution in [0.15, 0.2) is 0 Å². The molecule has 1 amide bonds. The Morgan fingerprint density at radius 1 is 0.718 bits per heavy atom. The molecule has 13 heteroatoms. The van der Waals surface area contributed by atoms with E-state index < -0.39 is 24.3 Å². The van der Waals surface area contributed by atoms with Crippen molar-refractivity contribution in [2.24, 2.45) is 5.73 Å². The first kappa shape index (κ1) is 36.5. The third kappa shape index (κ3) is 12.1. The topological polar surface area (TPSA) is 109 Å². The van der Waals surface area contributed by atoms with Gasteiger partial charge in [-0.2, -0.15) is 0 Å². The molecule has 1 rings (SSSR count). The second kappa shape index (κ2) is 20.3. The first-order valence-electron chi connectivity index (χ1n) is 12.9. The Labute approximate surface area is 256 Å². The molecule has 3 atom stereocenters. The molecule has 0 aliphatic rings.